The lowest BCUT2D eigenvalue weighted by Crippen LogP contribution is -2.01. The molecule has 1 aliphatic carbocycles. The van der Waals surface area contributed by atoms with Crippen LogP contribution < -0.4 is 4.74 Å². The third-order valence-electron chi connectivity index (χ3n) is 4.65. The minimum absolute atomic E-state index is 0.936. The third kappa shape index (κ3) is 2.07. The maximum absolute atomic E-state index is 5.36. The Morgan fingerprint density at radius 3 is 2.79 bits per heavy atom. The molecule has 118 valence electrons. The number of imidazole rings is 1. The van der Waals surface area contributed by atoms with Crippen molar-refractivity contribution >= 4 is 22.4 Å². The van der Waals surface area contributed by atoms with E-state index in [1.165, 1.54) is 26.4 Å². The van der Waals surface area contributed by atoms with Gasteiger partial charge in [0.1, 0.15) is 11.6 Å². The lowest BCUT2D eigenvalue weighted by Gasteiger charge is -2.16. The molecule has 2 aromatic heterocycles. The zero-order valence-corrected chi connectivity index (χ0v) is 14.1. The van der Waals surface area contributed by atoms with Crippen molar-refractivity contribution in [2.45, 2.75) is 12.8 Å². The number of thiophene rings is 1. The normalized spacial score (nSPS) is 12.9. The Morgan fingerprint density at radius 2 is 1.92 bits per heavy atom. The van der Waals surface area contributed by atoms with Crippen LogP contribution in [0.3, 0.4) is 0 Å². The number of H-pyrrole nitrogens is 1. The van der Waals surface area contributed by atoms with Crippen LogP contribution in [0, 0.1) is 0 Å². The number of aromatic amines is 1. The van der Waals surface area contributed by atoms with Gasteiger partial charge in [-0.3, -0.25) is 0 Å². The van der Waals surface area contributed by atoms with Crippen molar-refractivity contribution in [1.29, 1.82) is 0 Å². The van der Waals surface area contributed by atoms with Gasteiger partial charge in [-0.05, 0) is 65.9 Å². The molecule has 0 radical (unpaired) electrons. The number of ether oxygens (including phenoxy) is 1. The molecule has 0 atom stereocenters. The molecule has 3 nitrogen and oxygen atoms in total. The molecule has 1 aliphatic rings. The van der Waals surface area contributed by atoms with Gasteiger partial charge in [0, 0.05) is 4.88 Å². The highest BCUT2D eigenvalue weighted by Gasteiger charge is 2.21. The molecular formula is C20H16N2OS. The monoisotopic (exact) mass is 332 g/mol. The summed E-state index contributed by atoms with van der Waals surface area (Å²) in [5.74, 6) is 1.90. The van der Waals surface area contributed by atoms with E-state index in [0.29, 0.717) is 0 Å². The molecule has 2 aromatic carbocycles. The summed E-state index contributed by atoms with van der Waals surface area (Å²) in [5.41, 5.74) is 6.24. The number of hydrogen-bond acceptors (Lipinski definition) is 3. The number of hydrogen-bond donors (Lipinski definition) is 1. The highest BCUT2D eigenvalue weighted by Crippen LogP contribution is 2.43. The van der Waals surface area contributed by atoms with E-state index in [1.54, 1.807) is 7.11 Å². The van der Waals surface area contributed by atoms with E-state index in [1.807, 2.05) is 29.5 Å². The Labute approximate surface area is 143 Å². The van der Waals surface area contributed by atoms with Crippen molar-refractivity contribution in [3.8, 4) is 26.9 Å². The zero-order chi connectivity index (χ0) is 16.1. The van der Waals surface area contributed by atoms with Crippen LogP contribution in [0.4, 0.5) is 0 Å². The van der Waals surface area contributed by atoms with Crippen LogP contribution >= 0.6 is 11.3 Å². The SMILES string of the molecule is COc1ccc2c(c1)CCc1cc(-c3nc4ccccc4[nH]3)sc1-2. The molecule has 5 rings (SSSR count). The molecule has 0 saturated carbocycles. The summed E-state index contributed by atoms with van der Waals surface area (Å²) in [4.78, 5) is 10.8. The first kappa shape index (κ1) is 13.8. The number of benzene rings is 2. The summed E-state index contributed by atoms with van der Waals surface area (Å²) in [6, 6.07) is 16.9. The second-order valence-corrected chi connectivity index (χ2v) is 7.14. The fraction of sp³-hybridized carbons (Fsp3) is 0.150. The maximum Gasteiger partial charge on any atom is 0.148 e. The highest BCUT2D eigenvalue weighted by atomic mass is 32.1. The van der Waals surface area contributed by atoms with Gasteiger partial charge < -0.3 is 9.72 Å². The highest BCUT2D eigenvalue weighted by molar-refractivity contribution is 7.19. The quantitative estimate of drug-likeness (QED) is 0.557. The Hall–Kier alpha value is -2.59. The smallest absolute Gasteiger partial charge is 0.148 e. The fourth-order valence-corrected chi connectivity index (χ4v) is 4.64. The molecule has 0 aliphatic heterocycles. The van der Waals surface area contributed by atoms with Crippen molar-refractivity contribution < 1.29 is 4.74 Å². The number of nitrogens with one attached hydrogen (secondary N) is 1. The van der Waals surface area contributed by atoms with Crippen LogP contribution in [0.1, 0.15) is 11.1 Å². The molecule has 0 fully saturated rings. The van der Waals surface area contributed by atoms with Gasteiger partial charge in [0.15, 0.2) is 0 Å². The lowest BCUT2D eigenvalue weighted by atomic mass is 9.91. The second-order valence-electron chi connectivity index (χ2n) is 6.09. The topological polar surface area (TPSA) is 37.9 Å². The van der Waals surface area contributed by atoms with E-state index in [9.17, 15) is 0 Å². The molecule has 0 saturated heterocycles. The molecule has 0 amide bonds. The van der Waals surface area contributed by atoms with Crippen LogP contribution in [-0.4, -0.2) is 17.1 Å². The fourth-order valence-electron chi connectivity index (χ4n) is 3.42. The first-order valence-electron chi connectivity index (χ1n) is 8.07. The summed E-state index contributed by atoms with van der Waals surface area (Å²) < 4.78 is 5.36. The van der Waals surface area contributed by atoms with E-state index >= 15 is 0 Å². The predicted octanol–water partition coefficient (Wildman–Crippen LogP) is 5.07. The summed E-state index contributed by atoms with van der Waals surface area (Å²) in [7, 11) is 1.72. The second kappa shape index (κ2) is 5.21. The molecule has 0 unspecified atom stereocenters. The first-order valence-corrected chi connectivity index (χ1v) is 8.88. The minimum atomic E-state index is 0.936. The maximum atomic E-state index is 5.36. The van der Waals surface area contributed by atoms with Gasteiger partial charge in [0.2, 0.25) is 0 Å². The Bertz CT molecular complexity index is 1030. The molecule has 2 heterocycles. The van der Waals surface area contributed by atoms with Crippen LogP contribution in [0.2, 0.25) is 0 Å². The largest absolute Gasteiger partial charge is 0.497 e. The number of methoxy groups -OCH3 is 1. The van der Waals surface area contributed by atoms with Crippen LogP contribution in [-0.2, 0) is 12.8 Å². The van der Waals surface area contributed by atoms with Crippen molar-refractivity contribution in [2.24, 2.45) is 0 Å². The summed E-state index contributed by atoms with van der Waals surface area (Å²) in [5, 5.41) is 0. The first-order chi connectivity index (χ1) is 11.8. The molecule has 0 spiro atoms. The zero-order valence-electron chi connectivity index (χ0n) is 13.3. The van der Waals surface area contributed by atoms with E-state index in [-0.39, 0.29) is 0 Å². The van der Waals surface area contributed by atoms with Crippen molar-refractivity contribution in [2.75, 3.05) is 7.11 Å². The Morgan fingerprint density at radius 1 is 1.04 bits per heavy atom. The van der Waals surface area contributed by atoms with Gasteiger partial charge in [-0.25, -0.2) is 4.98 Å². The number of aryl methyl sites for hydroxylation is 2. The van der Waals surface area contributed by atoms with Crippen molar-refractivity contribution in [1.82, 2.24) is 9.97 Å². The van der Waals surface area contributed by atoms with E-state index in [2.05, 4.69) is 35.3 Å². The molecule has 4 heteroatoms. The van der Waals surface area contributed by atoms with E-state index < -0.39 is 0 Å². The molecule has 24 heavy (non-hydrogen) atoms. The molecule has 0 bridgehead atoms. The average molecular weight is 332 g/mol. The summed E-state index contributed by atoms with van der Waals surface area (Å²) in [6.45, 7) is 0. The van der Waals surface area contributed by atoms with Crippen molar-refractivity contribution in [3.05, 3.63) is 59.7 Å². The van der Waals surface area contributed by atoms with Crippen LogP contribution in [0.15, 0.2) is 48.5 Å². The van der Waals surface area contributed by atoms with Gasteiger partial charge >= 0.3 is 0 Å². The Balaban J connectivity index is 1.63. The van der Waals surface area contributed by atoms with Crippen molar-refractivity contribution in [3.63, 3.8) is 0 Å². The number of aromatic nitrogens is 2. The average Bonchev–Trinajstić information content (AvgIpc) is 3.24. The number of rotatable bonds is 2. The predicted molar refractivity (Wildman–Crippen MR) is 98.8 cm³/mol. The standard InChI is InChI=1S/C20H16N2OS/c1-23-14-8-9-15-12(10-14)6-7-13-11-18(24-19(13)15)20-21-16-4-2-3-5-17(16)22-20/h2-5,8-11H,6-7H2,1H3,(H,21,22). The number of fused-ring (bicyclic) bond motifs is 4. The van der Waals surface area contributed by atoms with Gasteiger partial charge in [-0.1, -0.05) is 12.1 Å². The van der Waals surface area contributed by atoms with Gasteiger partial charge in [0.05, 0.1) is 23.0 Å². The van der Waals surface area contributed by atoms with Gasteiger partial charge in [0.25, 0.3) is 0 Å². The Kier molecular flexibility index (Phi) is 3.00. The summed E-state index contributed by atoms with van der Waals surface area (Å²) in [6.07, 6.45) is 2.14. The summed E-state index contributed by atoms with van der Waals surface area (Å²) >= 11 is 1.83. The van der Waals surface area contributed by atoms with E-state index in [0.717, 1.165) is 35.4 Å². The van der Waals surface area contributed by atoms with E-state index in [4.69, 9.17) is 9.72 Å². The van der Waals surface area contributed by atoms with Crippen LogP contribution in [0.25, 0.3) is 32.2 Å². The van der Waals surface area contributed by atoms with Gasteiger partial charge in [-0.2, -0.15) is 0 Å². The number of nitrogens with zero attached hydrogens (tertiary/aromatic N) is 1. The third-order valence-corrected chi connectivity index (χ3v) is 5.87. The van der Waals surface area contributed by atoms with Gasteiger partial charge in [-0.15, -0.1) is 11.3 Å². The van der Waals surface area contributed by atoms with Crippen LogP contribution in [0.5, 0.6) is 5.75 Å². The lowest BCUT2D eigenvalue weighted by molar-refractivity contribution is 0.414. The minimum Gasteiger partial charge on any atom is -0.497 e. The number of para-hydroxylation sites is 2. The molecule has 4 aromatic rings. The molecular weight excluding hydrogens is 316 g/mol. The molecule has 1 N–H and O–H groups in total.